The Hall–Kier alpha value is -5.57. The zero-order valence-electron chi connectivity index (χ0n) is 27.0. The summed E-state index contributed by atoms with van der Waals surface area (Å²) in [7, 11) is 0. The van der Waals surface area contributed by atoms with Crippen molar-refractivity contribution in [3.63, 3.8) is 0 Å². The van der Waals surface area contributed by atoms with Crippen LogP contribution < -0.4 is 15.6 Å². The first-order valence-electron chi connectivity index (χ1n) is 16.3. The molecule has 248 valence electrons. The number of amides is 1. The van der Waals surface area contributed by atoms with Crippen molar-refractivity contribution >= 4 is 17.9 Å². The van der Waals surface area contributed by atoms with E-state index in [1.165, 1.54) is 6.07 Å². The van der Waals surface area contributed by atoms with Gasteiger partial charge in [0.15, 0.2) is 11.6 Å². The second-order valence-electron chi connectivity index (χ2n) is 11.7. The quantitative estimate of drug-likeness (QED) is 0.0855. The molecule has 0 unspecified atom stereocenters. The molecule has 2 atom stereocenters. The van der Waals surface area contributed by atoms with E-state index in [1.54, 1.807) is 18.2 Å². The molecule has 6 rings (SSSR count). The molecule has 1 amide bonds. The zero-order valence-corrected chi connectivity index (χ0v) is 27.0. The van der Waals surface area contributed by atoms with Gasteiger partial charge in [0.2, 0.25) is 5.90 Å². The SMILES string of the molecule is O=C(NNCc1ccccc1F)[C@@]1(C/C=C/c2ccccc2)N=C(c2ccc(OCCCO)cc2)O[C@H]1c1ccc(-c2ccccc2)cc1. The number of carbonyl (C=O) groups excluding carboxylic acids is 1. The number of ether oxygens (including phenoxy) is 2. The summed E-state index contributed by atoms with van der Waals surface area (Å²) >= 11 is 0. The summed E-state index contributed by atoms with van der Waals surface area (Å²) in [4.78, 5) is 19.5. The molecule has 1 heterocycles. The predicted octanol–water partition coefficient (Wildman–Crippen LogP) is 7.44. The molecule has 0 saturated heterocycles. The van der Waals surface area contributed by atoms with Crippen LogP contribution in [0.15, 0.2) is 145 Å². The molecule has 7 nitrogen and oxygen atoms in total. The lowest BCUT2D eigenvalue weighted by Gasteiger charge is -2.30. The van der Waals surface area contributed by atoms with Crippen LogP contribution in [0.25, 0.3) is 17.2 Å². The van der Waals surface area contributed by atoms with Crippen LogP contribution in [0.1, 0.15) is 41.2 Å². The summed E-state index contributed by atoms with van der Waals surface area (Å²) in [6.07, 6.45) is 3.85. The third-order valence-corrected chi connectivity index (χ3v) is 8.33. The first-order chi connectivity index (χ1) is 24.1. The molecule has 8 heteroatoms. The average Bonchev–Trinajstić information content (AvgIpc) is 3.54. The van der Waals surface area contributed by atoms with Crippen LogP contribution in [-0.4, -0.2) is 35.7 Å². The first-order valence-corrected chi connectivity index (χ1v) is 16.3. The minimum absolute atomic E-state index is 0.0501. The lowest BCUT2D eigenvalue weighted by molar-refractivity contribution is -0.129. The third kappa shape index (κ3) is 8.12. The number of rotatable bonds is 14. The van der Waals surface area contributed by atoms with Gasteiger partial charge in [-0.1, -0.05) is 115 Å². The van der Waals surface area contributed by atoms with Crippen molar-refractivity contribution in [1.29, 1.82) is 0 Å². The molecule has 0 fully saturated rings. The number of hydrogen-bond donors (Lipinski definition) is 3. The monoisotopic (exact) mass is 655 g/mol. The Bertz CT molecular complexity index is 1880. The van der Waals surface area contributed by atoms with Gasteiger partial charge >= 0.3 is 0 Å². The van der Waals surface area contributed by atoms with Gasteiger partial charge in [-0.2, -0.15) is 0 Å². The molecule has 1 aliphatic heterocycles. The van der Waals surface area contributed by atoms with Crippen LogP contribution in [0.3, 0.4) is 0 Å². The predicted molar refractivity (Wildman–Crippen MR) is 190 cm³/mol. The highest BCUT2D eigenvalue weighted by molar-refractivity contribution is 6.01. The molecule has 3 N–H and O–H groups in total. The molecule has 0 aliphatic carbocycles. The topological polar surface area (TPSA) is 92.2 Å². The van der Waals surface area contributed by atoms with E-state index in [2.05, 4.69) is 10.9 Å². The van der Waals surface area contributed by atoms with Crippen molar-refractivity contribution in [2.24, 2.45) is 4.99 Å². The largest absolute Gasteiger partial charge is 0.494 e. The smallest absolute Gasteiger partial charge is 0.266 e. The molecule has 49 heavy (non-hydrogen) atoms. The standard InChI is InChI=1S/C41H38FN3O4/c42-37-17-8-7-16-35(37)29-43-45-40(47)41(26-9-13-30-11-3-1-4-12-30)38(33-20-18-32(19-21-33)31-14-5-2-6-15-31)49-39(44-41)34-22-24-36(25-23-34)48-28-10-27-46/h1-9,11-25,38,43,46H,10,26-29H2,(H,45,47)/b13-9+/t38-,41-/m0/s1. The molecule has 1 aliphatic rings. The number of aliphatic imine (C=N–C) groups is 1. The Balaban J connectivity index is 1.36. The van der Waals surface area contributed by atoms with Crippen LogP contribution in [0, 0.1) is 5.82 Å². The first kappa shape index (κ1) is 33.3. The summed E-state index contributed by atoms with van der Waals surface area (Å²) in [5.41, 5.74) is 9.29. The van der Waals surface area contributed by atoms with Gasteiger partial charge in [-0.05, 0) is 52.6 Å². The second-order valence-corrected chi connectivity index (χ2v) is 11.7. The summed E-state index contributed by atoms with van der Waals surface area (Å²) in [5.74, 6) is 0.180. The number of carbonyl (C=O) groups is 1. The molecule has 0 spiro atoms. The van der Waals surface area contributed by atoms with Gasteiger partial charge in [-0.3, -0.25) is 10.2 Å². The minimum atomic E-state index is -1.42. The maximum Gasteiger partial charge on any atom is 0.266 e. The highest BCUT2D eigenvalue weighted by Gasteiger charge is 2.52. The fraction of sp³-hybridized carbons (Fsp3) is 0.171. The van der Waals surface area contributed by atoms with E-state index in [-0.39, 0.29) is 25.4 Å². The summed E-state index contributed by atoms with van der Waals surface area (Å²) < 4.78 is 26.7. The second kappa shape index (κ2) is 16.0. The molecule has 0 saturated carbocycles. The minimum Gasteiger partial charge on any atom is -0.494 e. The van der Waals surface area contributed by atoms with E-state index in [0.29, 0.717) is 35.8 Å². The van der Waals surface area contributed by atoms with Crippen LogP contribution in [0.5, 0.6) is 5.75 Å². The Morgan fingerprint density at radius 2 is 1.49 bits per heavy atom. The third-order valence-electron chi connectivity index (χ3n) is 8.33. The lowest BCUT2D eigenvalue weighted by Crippen LogP contribution is -2.52. The van der Waals surface area contributed by atoms with Gasteiger partial charge in [-0.15, -0.1) is 0 Å². The Kier molecular flexibility index (Phi) is 10.9. The van der Waals surface area contributed by atoms with E-state index in [0.717, 1.165) is 22.3 Å². The van der Waals surface area contributed by atoms with E-state index in [4.69, 9.17) is 19.6 Å². The van der Waals surface area contributed by atoms with Crippen molar-refractivity contribution < 1.29 is 23.8 Å². The van der Waals surface area contributed by atoms with Crippen LogP contribution in [0.4, 0.5) is 4.39 Å². The fourth-order valence-corrected chi connectivity index (χ4v) is 5.70. The van der Waals surface area contributed by atoms with E-state index in [1.807, 2.05) is 121 Å². The highest BCUT2D eigenvalue weighted by atomic mass is 19.1. The Labute approximate surface area is 285 Å². The normalized spacial score (nSPS) is 17.0. The molecule has 0 aromatic heterocycles. The molecular formula is C41H38FN3O4. The molecule has 5 aromatic carbocycles. The Morgan fingerprint density at radius 1 is 0.837 bits per heavy atom. The molecule has 0 bridgehead atoms. The number of nitrogens with one attached hydrogen (secondary N) is 2. The number of hydrogen-bond acceptors (Lipinski definition) is 6. The van der Waals surface area contributed by atoms with E-state index in [9.17, 15) is 9.18 Å². The van der Waals surface area contributed by atoms with Gasteiger partial charge in [0, 0.05) is 37.1 Å². The van der Waals surface area contributed by atoms with Crippen LogP contribution >= 0.6 is 0 Å². The van der Waals surface area contributed by atoms with Crippen molar-refractivity contribution in [2.75, 3.05) is 13.2 Å². The van der Waals surface area contributed by atoms with Gasteiger partial charge < -0.3 is 14.6 Å². The number of aliphatic hydroxyl groups excluding tert-OH is 1. The van der Waals surface area contributed by atoms with Gasteiger partial charge in [0.05, 0.1) is 6.61 Å². The Morgan fingerprint density at radius 3 is 2.20 bits per heavy atom. The number of hydrazine groups is 1. The van der Waals surface area contributed by atoms with Gasteiger partial charge in [-0.25, -0.2) is 14.8 Å². The maximum absolute atomic E-state index is 14.4. The van der Waals surface area contributed by atoms with Crippen LogP contribution in [-0.2, 0) is 16.1 Å². The number of benzene rings is 5. The fourth-order valence-electron chi connectivity index (χ4n) is 5.70. The lowest BCUT2D eigenvalue weighted by atomic mass is 9.84. The zero-order chi connectivity index (χ0) is 33.9. The average molecular weight is 656 g/mol. The number of aliphatic hydroxyl groups is 1. The summed E-state index contributed by atoms with van der Waals surface area (Å²) in [6, 6.07) is 41.6. The van der Waals surface area contributed by atoms with Crippen molar-refractivity contribution in [1.82, 2.24) is 10.9 Å². The number of nitrogens with zero attached hydrogens (tertiary/aromatic N) is 1. The van der Waals surface area contributed by atoms with Crippen molar-refractivity contribution in [3.8, 4) is 16.9 Å². The van der Waals surface area contributed by atoms with E-state index < -0.39 is 17.6 Å². The van der Waals surface area contributed by atoms with Gasteiger partial charge in [0.25, 0.3) is 5.91 Å². The van der Waals surface area contributed by atoms with Crippen molar-refractivity contribution in [3.05, 3.63) is 168 Å². The summed E-state index contributed by atoms with van der Waals surface area (Å²) in [5, 5.41) is 9.10. The summed E-state index contributed by atoms with van der Waals surface area (Å²) in [6.45, 7) is 0.527. The van der Waals surface area contributed by atoms with E-state index >= 15 is 0 Å². The van der Waals surface area contributed by atoms with Crippen LogP contribution in [0.2, 0.25) is 0 Å². The molecule has 5 aromatic rings. The van der Waals surface area contributed by atoms with Gasteiger partial charge in [0.1, 0.15) is 11.6 Å². The number of halogens is 1. The maximum atomic E-state index is 14.4. The highest BCUT2D eigenvalue weighted by Crippen LogP contribution is 2.43. The van der Waals surface area contributed by atoms with Crippen molar-refractivity contribution in [2.45, 2.75) is 31.0 Å². The molecule has 0 radical (unpaired) electrons. The molecular weight excluding hydrogens is 617 g/mol.